The Balaban J connectivity index is 1.82. The molecule has 3 rings (SSSR count). The number of carbonyl (C=O) groups excluding carboxylic acids is 2. The third-order valence-corrected chi connectivity index (χ3v) is 4.18. The van der Waals surface area contributed by atoms with Crippen molar-refractivity contribution in [1.29, 1.82) is 0 Å². The number of amides is 2. The fourth-order valence-corrected chi connectivity index (χ4v) is 3.03. The van der Waals surface area contributed by atoms with Crippen molar-refractivity contribution in [3.8, 4) is 0 Å². The molecule has 0 saturated carbocycles. The minimum atomic E-state index is -0.622. The molecule has 0 spiro atoms. The van der Waals surface area contributed by atoms with Gasteiger partial charge >= 0.3 is 0 Å². The van der Waals surface area contributed by atoms with Crippen molar-refractivity contribution < 1.29 is 9.59 Å². The molecule has 3 N–H and O–H groups in total. The first-order valence-corrected chi connectivity index (χ1v) is 7.67. The van der Waals surface area contributed by atoms with Crippen LogP contribution in [0, 0.1) is 0 Å². The van der Waals surface area contributed by atoms with Crippen LogP contribution in [0.2, 0.25) is 5.02 Å². The van der Waals surface area contributed by atoms with Gasteiger partial charge in [-0.3, -0.25) is 9.59 Å². The highest BCUT2D eigenvalue weighted by Crippen LogP contribution is 2.28. The summed E-state index contributed by atoms with van der Waals surface area (Å²) >= 11 is 6.03. The van der Waals surface area contributed by atoms with Crippen LogP contribution in [0.1, 0.15) is 16.8 Å². The van der Waals surface area contributed by atoms with Gasteiger partial charge in [0.1, 0.15) is 6.04 Å². The summed E-state index contributed by atoms with van der Waals surface area (Å²) in [4.78, 5) is 25.9. The molecule has 0 aliphatic carbocycles. The van der Waals surface area contributed by atoms with Crippen molar-refractivity contribution in [2.24, 2.45) is 5.73 Å². The van der Waals surface area contributed by atoms with Crippen LogP contribution in [0.25, 0.3) is 0 Å². The molecule has 0 unspecified atom stereocenters. The van der Waals surface area contributed by atoms with Gasteiger partial charge in [-0.2, -0.15) is 0 Å². The van der Waals surface area contributed by atoms with Crippen LogP contribution in [-0.2, 0) is 4.79 Å². The van der Waals surface area contributed by atoms with Gasteiger partial charge in [-0.25, -0.2) is 0 Å². The summed E-state index contributed by atoms with van der Waals surface area (Å²) in [6, 6.07) is 14.1. The molecule has 0 aromatic heterocycles. The van der Waals surface area contributed by atoms with Gasteiger partial charge in [-0.1, -0.05) is 35.9 Å². The van der Waals surface area contributed by atoms with Crippen molar-refractivity contribution in [2.45, 2.75) is 12.5 Å². The number of halogens is 1. The zero-order valence-corrected chi connectivity index (χ0v) is 13.1. The summed E-state index contributed by atoms with van der Waals surface area (Å²) in [7, 11) is 0. The Labute approximate surface area is 139 Å². The molecule has 118 valence electrons. The molecule has 1 aliphatic rings. The fraction of sp³-hybridized carbons (Fsp3) is 0.176. The van der Waals surface area contributed by atoms with Gasteiger partial charge in [0.2, 0.25) is 5.91 Å². The summed E-state index contributed by atoms with van der Waals surface area (Å²) in [6.07, 6.45) is 0.637. The van der Waals surface area contributed by atoms with E-state index in [2.05, 4.69) is 5.32 Å². The van der Waals surface area contributed by atoms with E-state index in [0.717, 1.165) is 5.69 Å². The zero-order valence-electron chi connectivity index (χ0n) is 12.3. The van der Waals surface area contributed by atoms with Crippen LogP contribution in [0.15, 0.2) is 48.5 Å². The summed E-state index contributed by atoms with van der Waals surface area (Å²) in [5.41, 5.74) is 6.94. The number of hydrogen-bond donors (Lipinski definition) is 2. The number of para-hydroxylation sites is 1. The lowest BCUT2D eigenvalue weighted by Gasteiger charge is -2.18. The van der Waals surface area contributed by atoms with E-state index in [-0.39, 0.29) is 16.5 Å². The molecular formula is C17H16ClN3O2. The minimum Gasteiger partial charge on any atom is -0.373 e. The van der Waals surface area contributed by atoms with E-state index in [0.29, 0.717) is 18.7 Å². The minimum absolute atomic E-state index is 0.0356. The van der Waals surface area contributed by atoms with Gasteiger partial charge in [0.25, 0.3) is 5.91 Å². The quantitative estimate of drug-likeness (QED) is 0.905. The Morgan fingerprint density at radius 3 is 2.61 bits per heavy atom. The summed E-state index contributed by atoms with van der Waals surface area (Å²) < 4.78 is 0. The Bertz CT molecular complexity index is 749. The molecule has 1 atom stereocenters. The average Bonchev–Trinajstić information content (AvgIpc) is 2.89. The maximum absolute atomic E-state index is 12.6. The number of nitrogens with zero attached hydrogens (tertiary/aromatic N) is 1. The summed E-state index contributed by atoms with van der Waals surface area (Å²) in [6.45, 7) is 0.618. The number of carbonyl (C=O) groups is 2. The van der Waals surface area contributed by atoms with Crippen LogP contribution < -0.4 is 16.0 Å². The van der Waals surface area contributed by atoms with E-state index in [1.807, 2.05) is 30.3 Å². The lowest BCUT2D eigenvalue weighted by atomic mass is 10.1. The first-order chi connectivity index (χ1) is 11.1. The van der Waals surface area contributed by atoms with Crippen molar-refractivity contribution in [3.63, 3.8) is 0 Å². The Morgan fingerprint density at radius 2 is 1.91 bits per heavy atom. The number of benzene rings is 2. The van der Waals surface area contributed by atoms with Crippen LogP contribution in [0.3, 0.4) is 0 Å². The number of primary amides is 1. The molecule has 23 heavy (non-hydrogen) atoms. The van der Waals surface area contributed by atoms with E-state index in [4.69, 9.17) is 17.3 Å². The number of hydrogen-bond acceptors (Lipinski definition) is 3. The Hall–Kier alpha value is -2.53. The maximum Gasteiger partial charge on any atom is 0.252 e. The van der Waals surface area contributed by atoms with E-state index in [1.54, 1.807) is 23.1 Å². The van der Waals surface area contributed by atoms with Crippen LogP contribution in [0.4, 0.5) is 11.4 Å². The molecule has 1 heterocycles. The third kappa shape index (κ3) is 3.00. The fourth-order valence-electron chi connectivity index (χ4n) is 2.76. The van der Waals surface area contributed by atoms with Gasteiger partial charge < -0.3 is 16.0 Å². The van der Waals surface area contributed by atoms with E-state index < -0.39 is 11.9 Å². The number of rotatable bonds is 4. The molecule has 5 nitrogen and oxygen atoms in total. The topological polar surface area (TPSA) is 75.4 Å². The summed E-state index contributed by atoms with van der Waals surface area (Å²) in [5.74, 6) is -0.657. The predicted molar refractivity (Wildman–Crippen MR) is 90.8 cm³/mol. The van der Waals surface area contributed by atoms with Gasteiger partial charge in [-0.05, 0) is 30.7 Å². The normalized spacial score (nSPS) is 17.3. The van der Waals surface area contributed by atoms with Crippen molar-refractivity contribution >= 4 is 34.8 Å². The van der Waals surface area contributed by atoms with Crippen molar-refractivity contribution in [3.05, 3.63) is 59.1 Å². The lowest BCUT2D eigenvalue weighted by Crippen LogP contribution is -2.34. The highest BCUT2D eigenvalue weighted by atomic mass is 35.5. The second kappa shape index (κ2) is 6.30. The monoisotopic (exact) mass is 329 g/mol. The van der Waals surface area contributed by atoms with Crippen LogP contribution in [-0.4, -0.2) is 24.4 Å². The Morgan fingerprint density at radius 1 is 1.17 bits per heavy atom. The zero-order chi connectivity index (χ0) is 16.4. The summed E-state index contributed by atoms with van der Waals surface area (Å²) in [5, 5.41) is 3.38. The van der Waals surface area contributed by atoms with Crippen molar-refractivity contribution in [2.75, 3.05) is 16.8 Å². The molecule has 2 aromatic rings. The average molecular weight is 330 g/mol. The van der Waals surface area contributed by atoms with Crippen molar-refractivity contribution in [1.82, 2.24) is 0 Å². The highest BCUT2D eigenvalue weighted by molar-refractivity contribution is 6.34. The molecule has 2 aromatic carbocycles. The molecule has 2 amide bonds. The molecule has 1 aliphatic heterocycles. The third-order valence-electron chi connectivity index (χ3n) is 3.86. The van der Waals surface area contributed by atoms with Crippen LogP contribution >= 0.6 is 11.6 Å². The van der Waals surface area contributed by atoms with Gasteiger partial charge in [0, 0.05) is 17.9 Å². The molecule has 0 radical (unpaired) electrons. The molecule has 0 bridgehead atoms. The maximum atomic E-state index is 12.6. The van der Waals surface area contributed by atoms with Gasteiger partial charge in [0.05, 0.1) is 10.6 Å². The van der Waals surface area contributed by atoms with Crippen LogP contribution in [0.5, 0.6) is 0 Å². The molecule has 1 fully saturated rings. The molecule has 6 heteroatoms. The van der Waals surface area contributed by atoms with E-state index in [9.17, 15) is 9.59 Å². The first kappa shape index (κ1) is 15.4. The van der Waals surface area contributed by atoms with E-state index >= 15 is 0 Å². The smallest absolute Gasteiger partial charge is 0.252 e. The standard InChI is InChI=1S/C17H16ClN3O2/c18-12-7-4-8-13(15(12)16(19)22)20-14-9-10-21(17(14)23)11-5-2-1-3-6-11/h1-8,14,20H,9-10H2,(H2,19,22)/t14-/m1/s1. The van der Waals surface area contributed by atoms with E-state index in [1.165, 1.54) is 0 Å². The number of anilines is 2. The second-order valence-corrected chi connectivity index (χ2v) is 5.74. The highest BCUT2D eigenvalue weighted by Gasteiger charge is 2.33. The second-order valence-electron chi connectivity index (χ2n) is 5.34. The largest absolute Gasteiger partial charge is 0.373 e. The SMILES string of the molecule is NC(=O)c1c(Cl)cccc1N[C@@H]1CCN(c2ccccc2)C1=O. The van der Waals surface area contributed by atoms with Gasteiger partial charge in [0.15, 0.2) is 0 Å². The predicted octanol–water partition coefficient (Wildman–Crippen LogP) is 2.66. The lowest BCUT2D eigenvalue weighted by molar-refractivity contribution is -0.117. The Kier molecular flexibility index (Phi) is 4.21. The number of nitrogens with one attached hydrogen (secondary N) is 1. The first-order valence-electron chi connectivity index (χ1n) is 7.29. The van der Waals surface area contributed by atoms with Gasteiger partial charge in [-0.15, -0.1) is 0 Å². The number of nitrogens with two attached hydrogens (primary N) is 1. The molecule has 1 saturated heterocycles. The molecular weight excluding hydrogens is 314 g/mol.